The van der Waals surface area contributed by atoms with Gasteiger partial charge in [0.2, 0.25) is 5.91 Å². The Hall–Kier alpha value is -0.620. The number of carbonyl (C=O) groups is 1. The minimum atomic E-state index is -3.39. The van der Waals surface area contributed by atoms with Crippen molar-refractivity contribution in [2.75, 3.05) is 12.9 Å². The molecule has 2 saturated carbocycles. The van der Waals surface area contributed by atoms with Crippen LogP contribution in [0.4, 0.5) is 0 Å². The van der Waals surface area contributed by atoms with Crippen molar-refractivity contribution in [2.45, 2.75) is 44.6 Å². The van der Waals surface area contributed by atoms with Crippen molar-refractivity contribution in [2.24, 2.45) is 11.8 Å². The molecule has 18 heavy (non-hydrogen) atoms. The van der Waals surface area contributed by atoms with Crippen molar-refractivity contribution < 1.29 is 17.4 Å². The third-order valence-electron chi connectivity index (χ3n) is 3.71. The molecule has 2 rings (SSSR count). The van der Waals surface area contributed by atoms with E-state index in [1.54, 1.807) is 0 Å². The van der Waals surface area contributed by atoms with E-state index in [0.717, 1.165) is 25.5 Å². The molecule has 0 heterocycles. The van der Waals surface area contributed by atoms with Gasteiger partial charge >= 0.3 is 0 Å². The van der Waals surface area contributed by atoms with Gasteiger partial charge in [0.1, 0.15) is 0 Å². The minimum absolute atomic E-state index is 0.0475. The lowest BCUT2D eigenvalue weighted by Crippen LogP contribution is -2.37. The fourth-order valence-electron chi connectivity index (χ4n) is 2.52. The highest BCUT2D eigenvalue weighted by molar-refractivity contribution is 7.85. The van der Waals surface area contributed by atoms with E-state index >= 15 is 0 Å². The van der Waals surface area contributed by atoms with Crippen LogP contribution in [0.3, 0.4) is 0 Å². The molecule has 1 unspecified atom stereocenters. The Kier molecular flexibility index (Phi) is 4.27. The number of amides is 1. The summed E-state index contributed by atoms with van der Waals surface area (Å²) in [4.78, 5) is 11.9. The zero-order valence-electron chi connectivity index (χ0n) is 10.7. The molecule has 6 heteroatoms. The number of rotatable bonds is 5. The van der Waals surface area contributed by atoms with Gasteiger partial charge in [0.25, 0.3) is 10.1 Å². The lowest BCUT2D eigenvalue weighted by molar-refractivity contribution is -0.123. The molecule has 2 aliphatic rings. The molecule has 2 aliphatic carbocycles. The summed E-state index contributed by atoms with van der Waals surface area (Å²) < 4.78 is 26.4. The molecule has 0 radical (unpaired) electrons. The van der Waals surface area contributed by atoms with Gasteiger partial charge in [-0.2, -0.15) is 8.42 Å². The number of hydrogen-bond donors (Lipinski definition) is 1. The van der Waals surface area contributed by atoms with Gasteiger partial charge in [0.05, 0.1) is 12.9 Å². The predicted octanol–water partition coefficient (Wildman–Crippen LogP) is 1.05. The highest BCUT2D eigenvalue weighted by atomic mass is 32.2. The number of hydrogen-bond acceptors (Lipinski definition) is 4. The first-order valence-electron chi connectivity index (χ1n) is 6.60. The highest BCUT2D eigenvalue weighted by Crippen LogP contribution is 2.39. The molecule has 0 saturated heterocycles. The summed E-state index contributed by atoms with van der Waals surface area (Å²) in [6.45, 7) is 0.140. The fraction of sp³-hybridized carbons (Fsp3) is 0.917. The van der Waals surface area contributed by atoms with Gasteiger partial charge in [-0.15, -0.1) is 0 Å². The lowest BCUT2D eigenvalue weighted by atomic mass is 9.95. The number of nitrogens with one attached hydrogen (secondary N) is 1. The second kappa shape index (κ2) is 5.57. The molecule has 5 nitrogen and oxygen atoms in total. The second-order valence-electron chi connectivity index (χ2n) is 5.43. The predicted molar refractivity (Wildman–Crippen MR) is 67.4 cm³/mol. The first kappa shape index (κ1) is 13.8. The van der Waals surface area contributed by atoms with Gasteiger partial charge in [-0.1, -0.05) is 19.3 Å². The van der Waals surface area contributed by atoms with Crippen LogP contribution in [0.1, 0.15) is 38.5 Å². The Morgan fingerprint density at radius 3 is 2.56 bits per heavy atom. The van der Waals surface area contributed by atoms with Gasteiger partial charge in [-0.25, -0.2) is 0 Å². The molecule has 2 atom stereocenters. The maximum absolute atomic E-state index is 11.9. The van der Waals surface area contributed by atoms with Crippen LogP contribution in [-0.4, -0.2) is 33.2 Å². The molecule has 0 aromatic heterocycles. The smallest absolute Gasteiger partial charge is 0.264 e. The molecule has 2 fully saturated rings. The molecule has 0 bridgehead atoms. The third kappa shape index (κ3) is 4.24. The van der Waals surface area contributed by atoms with Crippen LogP contribution < -0.4 is 5.32 Å². The monoisotopic (exact) mass is 275 g/mol. The molecule has 0 spiro atoms. The van der Waals surface area contributed by atoms with E-state index in [9.17, 15) is 13.2 Å². The molecule has 0 aromatic rings. The van der Waals surface area contributed by atoms with Crippen molar-refractivity contribution in [3.05, 3.63) is 0 Å². The average Bonchev–Trinajstić information content (AvgIpc) is 3.06. The Bertz CT molecular complexity index is 400. The van der Waals surface area contributed by atoms with Crippen LogP contribution in [0.15, 0.2) is 0 Å². The Morgan fingerprint density at radius 2 is 1.94 bits per heavy atom. The second-order valence-corrected chi connectivity index (χ2v) is 7.08. The van der Waals surface area contributed by atoms with E-state index in [1.807, 2.05) is 0 Å². The standard InChI is InChI=1S/C12H21NO4S/c1-18(15,16)17-8-9-7-11(9)12(14)13-10-5-3-2-4-6-10/h9-11H,2-8H2,1H3,(H,13,14)/t9-,11?/m0/s1. The Labute approximate surface area is 108 Å². The summed E-state index contributed by atoms with van der Waals surface area (Å²) in [5, 5.41) is 3.06. The Morgan fingerprint density at radius 1 is 1.28 bits per heavy atom. The van der Waals surface area contributed by atoms with Crippen molar-refractivity contribution >= 4 is 16.0 Å². The van der Waals surface area contributed by atoms with E-state index in [4.69, 9.17) is 4.18 Å². The maximum Gasteiger partial charge on any atom is 0.264 e. The summed E-state index contributed by atoms with van der Waals surface area (Å²) in [5.41, 5.74) is 0. The van der Waals surface area contributed by atoms with E-state index < -0.39 is 10.1 Å². The van der Waals surface area contributed by atoms with Crippen LogP contribution in [0.25, 0.3) is 0 Å². The van der Waals surface area contributed by atoms with Gasteiger partial charge < -0.3 is 5.32 Å². The summed E-state index contributed by atoms with van der Waals surface area (Å²) in [5.74, 6) is 0.0981. The minimum Gasteiger partial charge on any atom is -0.353 e. The van der Waals surface area contributed by atoms with Crippen molar-refractivity contribution in [1.82, 2.24) is 5.32 Å². The molecule has 0 aromatic carbocycles. The molecule has 1 N–H and O–H groups in total. The van der Waals surface area contributed by atoms with Gasteiger partial charge in [0.15, 0.2) is 0 Å². The van der Waals surface area contributed by atoms with Crippen LogP contribution >= 0.6 is 0 Å². The SMILES string of the molecule is CS(=O)(=O)OC[C@@H]1CC1C(=O)NC1CCCCC1. The summed E-state index contributed by atoms with van der Waals surface area (Å²) in [7, 11) is -3.39. The van der Waals surface area contributed by atoms with E-state index in [2.05, 4.69) is 5.32 Å². The molecular formula is C12H21NO4S. The number of carbonyl (C=O) groups excluding carboxylic acids is 1. The van der Waals surface area contributed by atoms with Crippen LogP contribution in [0, 0.1) is 11.8 Å². The van der Waals surface area contributed by atoms with Crippen LogP contribution in [0.5, 0.6) is 0 Å². The largest absolute Gasteiger partial charge is 0.353 e. The summed E-state index contributed by atoms with van der Waals surface area (Å²) in [6, 6.07) is 0.323. The molecule has 104 valence electrons. The maximum atomic E-state index is 11.9. The average molecular weight is 275 g/mol. The van der Waals surface area contributed by atoms with E-state index in [1.165, 1.54) is 19.3 Å². The quantitative estimate of drug-likeness (QED) is 0.761. The van der Waals surface area contributed by atoms with Crippen molar-refractivity contribution in [3.8, 4) is 0 Å². The normalized spacial score (nSPS) is 28.9. The van der Waals surface area contributed by atoms with E-state index in [-0.39, 0.29) is 24.3 Å². The molecule has 1 amide bonds. The highest BCUT2D eigenvalue weighted by Gasteiger charge is 2.44. The first-order chi connectivity index (χ1) is 8.46. The van der Waals surface area contributed by atoms with Crippen molar-refractivity contribution in [1.29, 1.82) is 0 Å². The van der Waals surface area contributed by atoms with Crippen LogP contribution in [-0.2, 0) is 19.1 Å². The fourth-order valence-corrected chi connectivity index (χ4v) is 2.94. The van der Waals surface area contributed by atoms with Crippen molar-refractivity contribution in [3.63, 3.8) is 0 Å². The van der Waals surface area contributed by atoms with Gasteiger partial charge in [-0.05, 0) is 25.2 Å². The van der Waals surface area contributed by atoms with E-state index in [0.29, 0.717) is 6.04 Å². The van der Waals surface area contributed by atoms with Crippen LogP contribution in [0.2, 0.25) is 0 Å². The topological polar surface area (TPSA) is 72.5 Å². The third-order valence-corrected chi connectivity index (χ3v) is 4.27. The molecular weight excluding hydrogens is 254 g/mol. The zero-order chi connectivity index (χ0) is 13.2. The van der Waals surface area contributed by atoms with Gasteiger partial charge in [-0.3, -0.25) is 8.98 Å². The summed E-state index contributed by atoms with van der Waals surface area (Å²) >= 11 is 0. The van der Waals surface area contributed by atoms with Gasteiger partial charge in [0, 0.05) is 12.0 Å². The summed E-state index contributed by atoms with van der Waals surface area (Å²) in [6.07, 6.45) is 7.57. The lowest BCUT2D eigenvalue weighted by Gasteiger charge is -2.22. The first-order valence-corrected chi connectivity index (χ1v) is 8.42. The zero-order valence-corrected chi connectivity index (χ0v) is 11.5. The Balaban J connectivity index is 1.69. The molecule has 0 aliphatic heterocycles.